The highest BCUT2D eigenvalue weighted by Crippen LogP contribution is 2.38. The predicted octanol–water partition coefficient (Wildman–Crippen LogP) is 6.06. The van der Waals surface area contributed by atoms with Gasteiger partial charge in [0.15, 0.2) is 5.76 Å². The van der Waals surface area contributed by atoms with Gasteiger partial charge in [0.25, 0.3) is 5.91 Å². The second-order valence-electron chi connectivity index (χ2n) is 9.98. The summed E-state index contributed by atoms with van der Waals surface area (Å²) in [6.45, 7) is 5.05. The van der Waals surface area contributed by atoms with Crippen LogP contribution in [0.2, 0.25) is 5.02 Å². The summed E-state index contributed by atoms with van der Waals surface area (Å²) < 4.78 is 5.99. The molecule has 8 heteroatoms. The molecule has 2 saturated heterocycles. The number of hydrogen-bond acceptors (Lipinski definition) is 5. The number of rotatable bonds is 3. The van der Waals surface area contributed by atoms with Gasteiger partial charge in [0.2, 0.25) is 0 Å². The van der Waals surface area contributed by atoms with Gasteiger partial charge in [0, 0.05) is 65.8 Å². The second kappa shape index (κ2) is 9.67. The Kier molecular flexibility index (Phi) is 6.35. The van der Waals surface area contributed by atoms with E-state index in [0.717, 1.165) is 53.8 Å². The number of amides is 1. The number of furan rings is 1. The Morgan fingerprint density at radius 1 is 0.973 bits per heavy atom. The van der Waals surface area contributed by atoms with Gasteiger partial charge in [0.05, 0.1) is 5.52 Å². The Hall–Kier alpha value is -3.06. The molecule has 190 valence electrons. The van der Waals surface area contributed by atoms with Crippen LogP contribution in [0.1, 0.15) is 29.0 Å². The third-order valence-electron chi connectivity index (χ3n) is 7.93. The molecule has 2 fully saturated rings. The maximum Gasteiger partial charge on any atom is 0.294 e. The highest BCUT2D eigenvalue weighted by molar-refractivity contribution is 6.30. The first kappa shape index (κ1) is 24.3. The normalized spacial score (nSPS) is 19.1. The lowest BCUT2D eigenvalue weighted by Gasteiger charge is -2.39. The number of hydrogen-bond donors (Lipinski definition) is 0. The van der Waals surface area contributed by atoms with E-state index >= 15 is 0 Å². The van der Waals surface area contributed by atoms with E-state index in [1.807, 2.05) is 41.4 Å². The summed E-state index contributed by atoms with van der Waals surface area (Å²) >= 11 is 6.01. The Labute approximate surface area is 227 Å². The summed E-state index contributed by atoms with van der Waals surface area (Å²) in [6, 6.07) is 18.1. The molecule has 0 N–H and O–H groups in total. The van der Waals surface area contributed by atoms with Crippen molar-refractivity contribution in [2.45, 2.75) is 25.3 Å². The van der Waals surface area contributed by atoms with Gasteiger partial charge in [-0.15, -0.1) is 12.4 Å². The molecule has 2 aromatic carbocycles. The van der Waals surface area contributed by atoms with Crippen molar-refractivity contribution >= 4 is 52.2 Å². The van der Waals surface area contributed by atoms with Crippen LogP contribution < -0.4 is 9.80 Å². The van der Waals surface area contributed by atoms with Crippen molar-refractivity contribution in [2.24, 2.45) is 0 Å². The van der Waals surface area contributed by atoms with Gasteiger partial charge in [-0.3, -0.25) is 14.7 Å². The van der Waals surface area contributed by atoms with E-state index in [2.05, 4.69) is 33.0 Å². The molecule has 0 saturated carbocycles. The number of piperazine rings is 1. The Morgan fingerprint density at radius 2 is 1.84 bits per heavy atom. The zero-order chi connectivity index (χ0) is 24.2. The van der Waals surface area contributed by atoms with Crippen molar-refractivity contribution < 1.29 is 9.21 Å². The van der Waals surface area contributed by atoms with Gasteiger partial charge in [-0.25, -0.2) is 0 Å². The van der Waals surface area contributed by atoms with Crippen LogP contribution in [0.5, 0.6) is 0 Å². The fourth-order valence-corrected chi connectivity index (χ4v) is 6.19. The third-order valence-corrected chi connectivity index (χ3v) is 8.19. The SMILES string of the molecule is Cl.O=C(c1ccc(-c2ccc(Cl)cc2)o1)N1CCc2cc3nccc(N4CCN5CCC[C@H]5C4)c3cc21. The van der Waals surface area contributed by atoms with E-state index < -0.39 is 0 Å². The fourth-order valence-electron chi connectivity index (χ4n) is 6.07. The van der Waals surface area contributed by atoms with Gasteiger partial charge >= 0.3 is 0 Å². The first-order valence-electron chi connectivity index (χ1n) is 12.7. The van der Waals surface area contributed by atoms with E-state index in [0.29, 0.717) is 29.1 Å². The van der Waals surface area contributed by atoms with E-state index in [1.54, 1.807) is 6.07 Å². The van der Waals surface area contributed by atoms with Gasteiger partial charge < -0.3 is 14.2 Å². The highest BCUT2D eigenvalue weighted by atomic mass is 35.5. The molecule has 3 aliphatic rings. The molecule has 0 unspecified atom stereocenters. The number of fused-ring (bicyclic) bond motifs is 3. The molecule has 37 heavy (non-hydrogen) atoms. The van der Waals surface area contributed by atoms with Gasteiger partial charge in [0.1, 0.15) is 5.76 Å². The van der Waals surface area contributed by atoms with Crippen molar-refractivity contribution in [3.63, 3.8) is 0 Å². The Balaban J connectivity index is 0.00000252. The minimum Gasteiger partial charge on any atom is -0.451 e. The molecule has 5 heterocycles. The van der Waals surface area contributed by atoms with Crippen molar-refractivity contribution in [1.82, 2.24) is 9.88 Å². The Morgan fingerprint density at radius 3 is 2.70 bits per heavy atom. The quantitative estimate of drug-likeness (QED) is 0.320. The molecule has 2 aromatic heterocycles. The lowest BCUT2D eigenvalue weighted by Crippen LogP contribution is -2.50. The second-order valence-corrected chi connectivity index (χ2v) is 10.4. The summed E-state index contributed by atoms with van der Waals surface area (Å²) in [5, 5.41) is 1.78. The summed E-state index contributed by atoms with van der Waals surface area (Å²) in [5.41, 5.74) is 5.23. The van der Waals surface area contributed by atoms with E-state index in [9.17, 15) is 4.79 Å². The average molecular weight is 535 g/mol. The molecule has 4 aromatic rings. The third kappa shape index (κ3) is 4.27. The number of pyridine rings is 1. The maximum atomic E-state index is 13.5. The van der Waals surface area contributed by atoms with Crippen molar-refractivity contribution in [3.05, 3.63) is 77.1 Å². The molecule has 0 bridgehead atoms. The van der Waals surface area contributed by atoms with Crippen molar-refractivity contribution in [2.75, 3.05) is 42.5 Å². The van der Waals surface area contributed by atoms with E-state index in [4.69, 9.17) is 16.0 Å². The van der Waals surface area contributed by atoms with Crippen LogP contribution in [-0.2, 0) is 6.42 Å². The monoisotopic (exact) mass is 534 g/mol. The number of carbonyl (C=O) groups is 1. The number of nitrogens with zero attached hydrogens (tertiary/aromatic N) is 4. The predicted molar refractivity (Wildman–Crippen MR) is 150 cm³/mol. The smallest absolute Gasteiger partial charge is 0.294 e. The summed E-state index contributed by atoms with van der Waals surface area (Å²) in [6.07, 6.45) is 5.31. The Bertz CT molecular complexity index is 1470. The van der Waals surface area contributed by atoms with Crippen molar-refractivity contribution in [1.29, 1.82) is 0 Å². The van der Waals surface area contributed by atoms with Crippen LogP contribution in [0.25, 0.3) is 22.2 Å². The van der Waals surface area contributed by atoms with Gasteiger partial charge in [-0.2, -0.15) is 0 Å². The van der Waals surface area contributed by atoms with Crippen molar-refractivity contribution in [3.8, 4) is 11.3 Å². The standard InChI is InChI=1S/C29H27ClN4O2.ClH/c30-21-5-3-19(4-6-21)27-7-8-28(36-27)29(35)34-13-10-20-16-24-23(17-26(20)34)25(9-11-31-24)33-15-14-32-12-1-2-22(32)18-33;/h3-9,11,16-17,22H,1-2,10,12-15,18H2;1H/t22-;/m0./s1. The number of carbonyl (C=O) groups excluding carboxylic acids is 1. The van der Waals surface area contributed by atoms with Crippen LogP contribution in [0.15, 0.2) is 65.2 Å². The topological polar surface area (TPSA) is 52.8 Å². The molecular formula is C29H28Cl2N4O2. The van der Waals surface area contributed by atoms with Crippen LogP contribution >= 0.6 is 24.0 Å². The molecule has 6 nitrogen and oxygen atoms in total. The zero-order valence-electron chi connectivity index (χ0n) is 20.4. The zero-order valence-corrected chi connectivity index (χ0v) is 22.0. The summed E-state index contributed by atoms with van der Waals surface area (Å²) in [5.74, 6) is 0.889. The van der Waals surface area contributed by atoms with Crippen LogP contribution in [0.3, 0.4) is 0 Å². The first-order valence-corrected chi connectivity index (χ1v) is 13.1. The number of aromatic nitrogens is 1. The molecular weight excluding hydrogens is 507 g/mol. The van der Waals surface area contributed by atoms with E-state index in [-0.39, 0.29) is 18.3 Å². The van der Waals surface area contributed by atoms with Gasteiger partial charge in [-0.05, 0) is 86.0 Å². The molecule has 7 rings (SSSR count). The average Bonchev–Trinajstić information content (AvgIpc) is 3.66. The fraction of sp³-hybridized carbons (Fsp3) is 0.310. The summed E-state index contributed by atoms with van der Waals surface area (Å²) in [7, 11) is 0. The van der Waals surface area contributed by atoms with Crippen LogP contribution in [-0.4, -0.2) is 54.6 Å². The minimum atomic E-state index is -0.113. The van der Waals surface area contributed by atoms with E-state index in [1.165, 1.54) is 25.1 Å². The first-order chi connectivity index (χ1) is 17.6. The molecule has 1 amide bonds. The lowest BCUT2D eigenvalue weighted by atomic mass is 10.1. The van der Waals surface area contributed by atoms with Crippen LogP contribution in [0, 0.1) is 0 Å². The molecule has 0 radical (unpaired) electrons. The maximum absolute atomic E-state index is 13.5. The lowest BCUT2D eigenvalue weighted by molar-refractivity contribution is 0.0963. The number of benzene rings is 2. The molecule has 0 aliphatic carbocycles. The molecule has 1 atom stereocenters. The highest BCUT2D eigenvalue weighted by Gasteiger charge is 2.32. The van der Waals surface area contributed by atoms with Gasteiger partial charge in [-0.1, -0.05) is 11.6 Å². The number of anilines is 2. The summed E-state index contributed by atoms with van der Waals surface area (Å²) in [4.78, 5) is 25.2. The minimum absolute atomic E-state index is 0. The van der Waals surface area contributed by atoms with Crippen LogP contribution in [0.4, 0.5) is 11.4 Å². The largest absolute Gasteiger partial charge is 0.451 e. The number of halogens is 2. The molecule has 0 spiro atoms. The molecule has 3 aliphatic heterocycles.